The van der Waals surface area contributed by atoms with E-state index in [-0.39, 0.29) is 12.5 Å². The van der Waals surface area contributed by atoms with E-state index in [1.807, 2.05) is 6.07 Å². The summed E-state index contributed by atoms with van der Waals surface area (Å²) in [4.78, 5) is 24.1. The lowest BCUT2D eigenvalue weighted by molar-refractivity contribution is -0.108. The van der Waals surface area contributed by atoms with E-state index in [9.17, 15) is 9.59 Å². The molecule has 1 aromatic carbocycles. The van der Waals surface area contributed by atoms with Crippen LogP contribution in [0.3, 0.4) is 0 Å². The fraction of sp³-hybridized carbons (Fsp3) is 0.333. The van der Waals surface area contributed by atoms with Gasteiger partial charge in [0.15, 0.2) is 0 Å². The minimum Gasteiger partial charge on any atom is -0.332 e. The summed E-state index contributed by atoms with van der Waals surface area (Å²) in [6, 6.07) is 5.37. The van der Waals surface area contributed by atoms with Crippen molar-refractivity contribution >= 4 is 23.8 Å². The number of benzene rings is 1. The molecule has 4 heteroatoms. The molecule has 0 radical (unpaired) electrons. The quantitative estimate of drug-likeness (QED) is 0.737. The molecule has 2 rings (SSSR count). The molecular formula is C12H12ClNO2. The van der Waals surface area contributed by atoms with E-state index in [4.69, 9.17) is 11.6 Å². The van der Waals surface area contributed by atoms with E-state index in [1.54, 1.807) is 17.0 Å². The molecule has 0 bridgehead atoms. The van der Waals surface area contributed by atoms with Gasteiger partial charge in [-0.25, -0.2) is 0 Å². The Hall–Kier alpha value is -1.35. The second-order valence-corrected chi connectivity index (χ2v) is 4.26. The van der Waals surface area contributed by atoms with Crippen LogP contribution in [0.4, 0.5) is 0 Å². The van der Waals surface area contributed by atoms with Crippen LogP contribution in [-0.2, 0) is 11.2 Å². The van der Waals surface area contributed by atoms with Gasteiger partial charge in [-0.3, -0.25) is 4.79 Å². The molecule has 1 aromatic rings. The van der Waals surface area contributed by atoms with Crippen LogP contribution in [0.1, 0.15) is 22.3 Å². The van der Waals surface area contributed by atoms with Gasteiger partial charge in [0, 0.05) is 17.1 Å². The highest BCUT2D eigenvalue weighted by Crippen LogP contribution is 2.22. The highest BCUT2D eigenvalue weighted by atomic mass is 35.5. The Bertz CT molecular complexity index is 431. The predicted molar refractivity (Wildman–Crippen MR) is 61.7 cm³/mol. The Kier molecular flexibility index (Phi) is 3.25. The number of nitrogens with zero attached hydrogens (tertiary/aromatic N) is 1. The van der Waals surface area contributed by atoms with E-state index in [1.165, 1.54) is 0 Å². The molecule has 1 amide bonds. The standard InChI is InChI=1S/C12H12ClNO2/c13-10-4-3-9-2-1-5-14(6-7-15)12(16)11(9)8-10/h3-4,7-8H,1-2,5-6H2. The lowest BCUT2D eigenvalue weighted by atomic mass is 10.0. The van der Waals surface area contributed by atoms with Crippen molar-refractivity contribution in [3.63, 3.8) is 0 Å². The summed E-state index contributed by atoms with van der Waals surface area (Å²) >= 11 is 5.88. The molecule has 1 heterocycles. The molecule has 0 saturated carbocycles. The molecule has 0 saturated heterocycles. The summed E-state index contributed by atoms with van der Waals surface area (Å²) in [5.74, 6) is -0.0953. The number of rotatable bonds is 2. The Balaban J connectivity index is 2.39. The zero-order valence-electron chi connectivity index (χ0n) is 8.78. The summed E-state index contributed by atoms with van der Waals surface area (Å²) in [6.45, 7) is 0.786. The number of hydrogen-bond donors (Lipinski definition) is 0. The molecule has 0 unspecified atom stereocenters. The SMILES string of the molecule is O=CCN1CCCc2ccc(Cl)cc2C1=O. The maximum Gasteiger partial charge on any atom is 0.254 e. The molecule has 0 N–H and O–H groups in total. The van der Waals surface area contributed by atoms with Crippen molar-refractivity contribution in [2.75, 3.05) is 13.1 Å². The number of aldehydes is 1. The summed E-state index contributed by atoms with van der Waals surface area (Å²) in [6.07, 6.45) is 2.50. The van der Waals surface area contributed by atoms with Gasteiger partial charge in [-0.15, -0.1) is 0 Å². The molecule has 0 spiro atoms. The van der Waals surface area contributed by atoms with Gasteiger partial charge < -0.3 is 9.69 Å². The first-order valence-corrected chi connectivity index (χ1v) is 5.61. The topological polar surface area (TPSA) is 37.4 Å². The molecule has 16 heavy (non-hydrogen) atoms. The first-order chi connectivity index (χ1) is 7.72. The Morgan fingerprint density at radius 3 is 3.00 bits per heavy atom. The third kappa shape index (κ3) is 2.09. The third-order valence-corrected chi connectivity index (χ3v) is 2.99. The molecule has 0 atom stereocenters. The number of carbonyl (C=O) groups excluding carboxylic acids is 2. The zero-order chi connectivity index (χ0) is 11.5. The van der Waals surface area contributed by atoms with E-state index in [2.05, 4.69) is 0 Å². The zero-order valence-corrected chi connectivity index (χ0v) is 9.54. The number of halogens is 1. The number of hydrogen-bond acceptors (Lipinski definition) is 2. The fourth-order valence-corrected chi connectivity index (χ4v) is 2.13. The lowest BCUT2D eigenvalue weighted by Crippen LogP contribution is -2.32. The number of amides is 1. The summed E-state index contributed by atoms with van der Waals surface area (Å²) in [5.41, 5.74) is 1.65. The van der Waals surface area contributed by atoms with Crippen LogP contribution in [0.15, 0.2) is 18.2 Å². The Morgan fingerprint density at radius 2 is 2.25 bits per heavy atom. The monoisotopic (exact) mass is 237 g/mol. The van der Waals surface area contributed by atoms with Gasteiger partial charge in [-0.05, 0) is 30.5 Å². The normalized spacial score (nSPS) is 15.6. The van der Waals surface area contributed by atoms with Gasteiger partial charge in [0.05, 0.1) is 6.54 Å². The second-order valence-electron chi connectivity index (χ2n) is 3.82. The number of carbonyl (C=O) groups is 2. The highest BCUT2D eigenvalue weighted by Gasteiger charge is 2.21. The minimum absolute atomic E-state index is 0.0953. The molecule has 3 nitrogen and oxygen atoms in total. The molecule has 1 aliphatic heterocycles. The molecule has 0 fully saturated rings. The molecule has 0 aliphatic carbocycles. The van der Waals surface area contributed by atoms with Crippen molar-refractivity contribution in [3.8, 4) is 0 Å². The molecular weight excluding hydrogens is 226 g/mol. The highest BCUT2D eigenvalue weighted by molar-refractivity contribution is 6.31. The molecule has 84 valence electrons. The first-order valence-electron chi connectivity index (χ1n) is 5.23. The number of fused-ring (bicyclic) bond motifs is 1. The first kappa shape index (κ1) is 11.1. The van der Waals surface area contributed by atoms with E-state index in [0.29, 0.717) is 17.1 Å². The third-order valence-electron chi connectivity index (χ3n) is 2.76. The number of aryl methyl sites for hydroxylation is 1. The van der Waals surface area contributed by atoms with Crippen molar-refractivity contribution in [2.45, 2.75) is 12.8 Å². The summed E-state index contributed by atoms with van der Waals surface area (Å²) in [5, 5.41) is 0.556. The van der Waals surface area contributed by atoms with Crippen LogP contribution in [0.2, 0.25) is 5.02 Å². The van der Waals surface area contributed by atoms with Crippen LogP contribution < -0.4 is 0 Å². The van der Waals surface area contributed by atoms with Gasteiger partial charge in [0.25, 0.3) is 5.91 Å². The summed E-state index contributed by atoms with van der Waals surface area (Å²) < 4.78 is 0. The maximum atomic E-state index is 12.1. The van der Waals surface area contributed by atoms with Crippen LogP contribution >= 0.6 is 11.6 Å². The average molecular weight is 238 g/mol. The van der Waals surface area contributed by atoms with Crippen molar-refractivity contribution < 1.29 is 9.59 Å². The largest absolute Gasteiger partial charge is 0.332 e. The average Bonchev–Trinajstić information content (AvgIpc) is 2.42. The van der Waals surface area contributed by atoms with E-state index < -0.39 is 0 Å². The maximum absolute atomic E-state index is 12.1. The van der Waals surface area contributed by atoms with Gasteiger partial charge in [0.1, 0.15) is 6.29 Å². The fourth-order valence-electron chi connectivity index (χ4n) is 1.96. The van der Waals surface area contributed by atoms with Gasteiger partial charge in [0.2, 0.25) is 0 Å². The second kappa shape index (κ2) is 4.66. The minimum atomic E-state index is -0.0953. The van der Waals surface area contributed by atoms with E-state index in [0.717, 1.165) is 24.7 Å². The van der Waals surface area contributed by atoms with Crippen molar-refractivity contribution in [1.29, 1.82) is 0 Å². The van der Waals surface area contributed by atoms with E-state index >= 15 is 0 Å². The van der Waals surface area contributed by atoms with Gasteiger partial charge >= 0.3 is 0 Å². The lowest BCUT2D eigenvalue weighted by Gasteiger charge is -2.17. The van der Waals surface area contributed by atoms with Crippen LogP contribution in [-0.4, -0.2) is 30.2 Å². The van der Waals surface area contributed by atoms with Crippen LogP contribution in [0, 0.1) is 0 Å². The van der Waals surface area contributed by atoms with Crippen molar-refractivity contribution in [3.05, 3.63) is 34.3 Å². The Labute approximate surface area is 99.0 Å². The smallest absolute Gasteiger partial charge is 0.254 e. The van der Waals surface area contributed by atoms with Gasteiger partial charge in [-0.2, -0.15) is 0 Å². The molecule has 1 aliphatic rings. The predicted octanol–water partition coefficient (Wildman–Crippen LogP) is 1.93. The Morgan fingerprint density at radius 1 is 1.44 bits per heavy atom. The van der Waals surface area contributed by atoms with Gasteiger partial charge in [-0.1, -0.05) is 17.7 Å². The summed E-state index contributed by atoms with van der Waals surface area (Å²) in [7, 11) is 0. The molecule has 0 aromatic heterocycles. The van der Waals surface area contributed by atoms with Crippen molar-refractivity contribution in [1.82, 2.24) is 4.90 Å². The van der Waals surface area contributed by atoms with Crippen LogP contribution in [0.25, 0.3) is 0 Å². The van der Waals surface area contributed by atoms with Crippen LogP contribution in [0.5, 0.6) is 0 Å². The van der Waals surface area contributed by atoms with Crippen molar-refractivity contribution in [2.24, 2.45) is 0 Å².